The van der Waals surface area contributed by atoms with E-state index in [1.807, 2.05) is 18.2 Å². The van der Waals surface area contributed by atoms with E-state index in [0.717, 1.165) is 18.7 Å². The summed E-state index contributed by atoms with van der Waals surface area (Å²) in [4.78, 5) is 2.37. The van der Waals surface area contributed by atoms with E-state index in [0.29, 0.717) is 5.54 Å². The topological polar surface area (TPSA) is 39.1 Å². The van der Waals surface area contributed by atoms with Gasteiger partial charge in [-0.3, -0.25) is 0 Å². The maximum absolute atomic E-state index is 8.90. The van der Waals surface area contributed by atoms with Crippen LogP contribution in [0.1, 0.15) is 36.8 Å². The van der Waals surface area contributed by atoms with Crippen LogP contribution in [-0.2, 0) is 6.54 Å². The molecule has 1 saturated carbocycles. The van der Waals surface area contributed by atoms with Crippen molar-refractivity contribution in [1.29, 1.82) is 5.26 Å². The average molecular weight is 257 g/mol. The number of rotatable bonds is 5. The molecule has 0 atom stereocenters. The summed E-state index contributed by atoms with van der Waals surface area (Å²) >= 11 is 0. The van der Waals surface area contributed by atoms with Gasteiger partial charge in [-0.05, 0) is 44.6 Å². The van der Waals surface area contributed by atoms with Crippen molar-refractivity contribution in [3.63, 3.8) is 0 Å². The normalized spacial score (nSPS) is 17.6. The van der Waals surface area contributed by atoms with Gasteiger partial charge in [0.25, 0.3) is 0 Å². The van der Waals surface area contributed by atoms with Crippen LogP contribution in [0, 0.1) is 11.3 Å². The largest absolute Gasteiger partial charge is 0.311 e. The van der Waals surface area contributed by atoms with Crippen LogP contribution in [0.15, 0.2) is 24.3 Å². The molecule has 1 aromatic carbocycles. The highest BCUT2D eigenvalue weighted by molar-refractivity contribution is 5.32. The second-order valence-corrected chi connectivity index (χ2v) is 5.74. The predicted octanol–water partition coefficient (Wildman–Crippen LogP) is 2.52. The van der Waals surface area contributed by atoms with Gasteiger partial charge in [-0.2, -0.15) is 5.26 Å². The number of benzene rings is 1. The summed E-state index contributed by atoms with van der Waals surface area (Å²) < 4.78 is 0. The molecule has 0 saturated heterocycles. The molecule has 0 radical (unpaired) electrons. The molecule has 1 aliphatic carbocycles. The molecule has 19 heavy (non-hydrogen) atoms. The van der Waals surface area contributed by atoms with Gasteiger partial charge < -0.3 is 10.2 Å². The minimum Gasteiger partial charge on any atom is -0.311 e. The van der Waals surface area contributed by atoms with Crippen molar-refractivity contribution in [1.82, 2.24) is 10.2 Å². The fourth-order valence-corrected chi connectivity index (χ4v) is 3.01. The molecule has 0 aliphatic heterocycles. The van der Waals surface area contributed by atoms with Crippen LogP contribution in [0.2, 0.25) is 0 Å². The first-order valence-electron chi connectivity index (χ1n) is 7.03. The molecule has 1 aliphatic rings. The maximum atomic E-state index is 8.90. The summed E-state index contributed by atoms with van der Waals surface area (Å²) in [6.45, 7) is 1.86. The lowest BCUT2D eigenvalue weighted by Crippen LogP contribution is -2.49. The molecular weight excluding hydrogens is 234 g/mol. The van der Waals surface area contributed by atoms with E-state index < -0.39 is 0 Å². The summed E-state index contributed by atoms with van der Waals surface area (Å²) in [7, 11) is 4.37. The van der Waals surface area contributed by atoms with Crippen molar-refractivity contribution in [2.45, 2.75) is 37.8 Å². The van der Waals surface area contributed by atoms with Crippen molar-refractivity contribution >= 4 is 0 Å². The Kier molecular flexibility index (Phi) is 4.57. The molecule has 0 bridgehead atoms. The van der Waals surface area contributed by atoms with Gasteiger partial charge in [-0.15, -0.1) is 0 Å². The molecule has 1 N–H and O–H groups in total. The number of hydrogen-bond acceptors (Lipinski definition) is 3. The lowest BCUT2D eigenvalue weighted by Gasteiger charge is -2.36. The fraction of sp³-hybridized carbons (Fsp3) is 0.562. The third-order valence-corrected chi connectivity index (χ3v) is 4.32. The third-order valence-electron chi connectivity index (χ3n) is 4.32. The van der Waals surface area contributed by atoms with E-state index in [4.69, 9.17) is 5.26 Å². The molecule has 2 rings (SSSR count). The molecule has 0 aromatic heterocycles. The Morgan fingerprint density at radius 2 is 2.05 bits per heavy atom. The molecule has 0 unspecified atom stereocenters. The van der Waals surface area contributed by atoms with Gasteiger partial charge >= 0.3 is 0 Å². The Bertz CT molecular complexity index is 453. The second kappa shape index (κ2) is 6.18. The minimum atomic E-state index is 0.326. The first kappa shape index (κ1) is 14.0. The van der Waals surface area contributed by atoms with E-state index in [2.05, 4.69) is 36.4 Å². The molecule has 102 valence electrons. The fourth-order valence-electron chi connectivity index (χ4n) is 3.01. The van der Waals surface area contributed by atoms with E-state index in [1.54, 1.807) is 0 Å². The molecule has 0 amide bonds. The Balaban J connectivity index is 1.90. The van der Waals surface area contributed by atoms with Gasteiger partial charge in [-0.25, -0.2) is 0 Å². The van der Waals surface area contributed by atoms with Crippen LogP contribution in [0.25, 0.3) is 0 Å². The van der Waals surface area contributed by atoms with Crippen molar-refractivity contribution in [2.75, 3.05) is 20.6 Å². The van der Waals surface area contributed by atoms with Crippen LogP contribution in [0.5, 0.6) is 0 Å². The summed E-state index contributed by atoms with van der Waals surface area (Å²) in [5.41, 5.74) is 2.25. The first-order chi connectivity index (χ1) is 9.16. The molecular formula is C16H23N3. The van der Waals surface area contributed by atoms with Crippen LogP contribution < -0.4 is 5.32 Å². The number of hydrogen-bond donors (Lipinski definition) is 1. The molecule has 1 aromatic rings. The monoisotopic (exact) mass is 257 g/mol. The molecule has 1 fully saturated rings. The van der Waals surface area contributed by atoms with E-state index in [9.17, 15) is 0 Å². The Hall–Kier alpha value is -1.37. The minimum absolute atomic E-state index is 0.326. The van der Waals surface area contributed by atoms with Crippen LogP contribution in [-0.4, -0.2) is 31.1 Å². The van der Waals surface area contributed by atoms with E-state index in [1.165, 1.54) is 31.2 Å². The number of nitrogens with zero attached hydrogens (tertiary/aromatic N) is 2. The number of nitriles is 1. The van der Waals surface area contributed by atoms with Crippen molar-refractivity contribution in [3.8, 4) is 6.07 Å². The van der Waals surface area contributed by atoms with Crippen LogP contribution in [0.3, 0.4) is 0 Å². The zero-order valence-corrected chi connectivity index (χ0v) is 11.9. The maximum Gasteiger partial charge on any atom is 0.0991 e. The number of likely N-dealkylation sites (N-methyl/N-ethyl adjacent to an activating group) is 1. The molecule has 0 heterocycles. The number of nitrogens with one attached hydrogen (secondary N) is 1. The highest BCUT2D eigenvalue weighted by Gasteiger charge is 2.35. The third kappa shape index (κ3) is 3.34. The van der Waals surface area contributed by atoms with Crippen molar-refractivity contribution in [2.24, 2.45) is 0 Å². The molecule has 0 spiro atoms. The molecule has 3 nitrogen and oxygen atoms in total. The van der Waals surface area contributed by atoms with Gasteiger partial charge in [0.1, 0.15) is 0 Å². The summed E-state index contributed by atoms with van der Waals surface area (Å²) in [5.74, 6) is 0. The van der Waals surface area contributed by atoms with Gasteiger partial charge in [0.15, 0.2) is 0 Å². The van der Waals surface area contributed by atoms with Gasteiger partial charge in [0.2, 0.25) is 0 Å². The Labute approximate surface area is 116 Å². The van der Waals surface area contributed by atoms with Gasteiger partial charge in [0, 0.05) is 18.6 Å². The summed E-state index contributed by atoms with van der Waals surface area (Å²) in [6, 6.07) is 10.0. The Morgan fingerprint density at radius 1 is 1.32 bits per heavy atom. The van der Waals surface area contributed by atoms with Gasteiger partial charge in [0.05, 0.1) is 11.6 Å². The quantitative estimate of drug-likeness (QED) is 0.881. The lowest BCUT2D eigenvalue weighted by molar-refractivity contribution is 0.153. The highest BCUT2D eigenvalue weighted by atomic mass is 15.2. The van der Waals surface area contributed by atoms with Crippen molar-refractivity contribution < 1.29 is 0 Å². The zero-order chi connectivity index (χ0) is 13.7. The van der Waals surface area contributed by atoms with E-state index in [-0.39, 0.29) is 0 Å². The standard InChI is InChI=1S/C16H23N3/c1-19(2)16(8-3-4-9-16)13-18-12-15-7-5-6-14(10-15)11-17/h5-7,10,18H,3-4,8-9,12-13H2,1-2H3. The zero-order valence-electron chi connectivity index (χ0n) is 11.9. The van der Waals surface area contributed by atoms with Crippen LogP contribution in [0.4, 0.5) is 0 Å². The second-order valence-electron chi connectivity index (χ2n) is 5.74. The Morgan fingerprint density at radius 3 is 2.68 bits per heavy atom. The van der Waals surface area contributed by atoms with E-state index >= 15 is 0 Å². The predicted molar refractivity (Wildman–Crippen MR) is 77.7 cm³/mol. The average Bonchev–Trinajstić information content (AvgIpc) is 2.89. The smallest absolute Gasteiger partial charge is 0.0991 e. The van der Waals surface area contributed by atoms with Crippen molar-refractivity contribution in [3.05, 3.63) is 35.4 Å². The summed E-state index contributed by atoms with van der Waals surface area (Å²) in [6.07, 6.45) is 5.24. The first-order valence-corrected chi connectivity index (χ1v) is 7.03. The van der Waals surface area contributed by atoms with Gasteiger partial charge in [-0.1, -0.05) is 25.0 Å². The lowest BCUT2D eigenvalue weighted by atomic mass is 9.96. The van der Waals surface area contributed by atoms with Crippen LogP contribution >= 0.6 is 0 Å². The highest BCUT2D eigenvalue weighted by Crippen LogP contribution is 2.33. The SMILES string of the molecule is CN(C)C1(CNCc2cccc(C#N)c2)CCCC1. The molecule has 3 heteroatoms. The summed E-state index contributed by atoms with van der Waals surface area (Å²) in [5, 5.41) is 12.5.